The quantitative estimate of drug-likeness (QED) is 0.805. The molecule has 0 aliphatic heterocycles. The lowest BCUT2D eigenvalue weighted by molar-refractivity contribution is -0.140. The number of carboxylic acids is 1. The fourth-order valence-electron chi connectivity index (χ4n) is 1.37. The van der Waals surface area contributed by atoms with E-state index >= 15 is 0 Å². The number of rotatable bonds is 7. The second-order valence-electron chi connectivity index (χ2n) is 3.86. The molecule has 1 amide bonds. The minimum Gasteiger partial charge on any atom is -0.480 e. The topological polar surface area (TPSA) is 79.3 Å². The van der Waals surface area contributed by atoms with Crippen molar-refractivity contribution < 1.29 is 23.5 Å². The van der Waals surface area contributed by atoms with E-state index in [0.717, 1.165) is 29.2 Å². The average molecular weight is 292 g/mol. The molecule has 1 rings (SSSR count). The lowest BCUT2D eigenvalue weighted by Crippen LogP contribution is -2.41. The van der Waals surface area contributed by atoms with Crippen molar-refractivity contribution in [2.75, 3.05) is 0 Å². The van der Waals surface area contributed by atoms with Gasteiger partial charge in [-0.3, -0.25) is 4.79 Å². The van der Waals surface area contributed by atoms with Gasteiger partial charge in [0.2, 0.25) is 6.43 Å². The summed E-state index contributed by atoms with van der Waals surface area (Å²) in [7, 11) is 0. The summed E-state index contributed by atoms with van der Waals surface area (Å²) in [5, 5.41) is 11.6. The SMILES string of the molecule is CCCc1ncc(C(=O)NC(CC(F)F)C(=O)O)s1. The number of hydrogen-bond acceptors (Lipinski definition) is 4. The summed E-state index contributed by atoms with van der Waals surface area (Å²) in [4.78, 5) is 26.7. The standard InChI is InChI=1S/C11H14F2N2O3S/c1-2-3-9-14-5-7(19-9)10(16)15-6(11(17)18)4-8(12)13/h5-6,8H,2-4H2,1H3,(H,15,16)(H,17,18). The van der Waals surface area contributed by atoms with Crippen LogP contribution in [0.15, 0.2) is 6.20 Å². The van der Waals surface area contributed by atoms with Crippen molar-refractivity contribution in [1.29, 1.82) is 0 Å². The number of hydrogen-bond donors (Lipinski definition) is 2. The van der Waals surface area contributed by atoms with Crippen LogP contribution in [0.3, 0.4) is 0 Å². The number of aryl methyl sites for hydroxylation is 1. The van der Waals surface area contributed by atoms with Crippen molar-refractivity contribution in [1.82, 2.24) is 10.3 Å². The fourth-order valence-corrected chi connectivity index (χ4v) is 2.30. The number of nitrogens with zero attached hydrogens (tertiary/aromatic N) is 1. The van der Waals surface area contributed by atoms with Crippen LogP contribution in [0.25, 0.3) is 0 Å². The molecule has 5 nitrogen and oxygen atoms in total. The van der Waals surface area contributed by atoms with Gasteiger partial charge in [0.15, 0.2) is 0 Å². The van der Waals surface area contributed by atoms with Crippen LogP contribution in [-0.2, 0) is 11.2 Å². The van der Waals surface area contributed by atoms with Crippen molar-refractivity contribution in [2.45, 2.75) is 38.7 Å². The molecule has 2 N–H and O–H groups in total. The van der Waals surface area contributed by atoms with Gasteiger partial charge in [0.25, 0.3) is 5.91 Å². The number of carbonyl (C=O) groups excluding carboxylic acids is 1. The first-order chi connectivity index (χ1) is 8.93. The van der Waals surface area contributed by atoms with Gasteiger partial charge in [0, 0.05) is 6.42 Å². The average Bonchev–Trinajstić information content (AvgIpc) is 2.76. The maximum atomic E-state index is 12.2. The molecule has 0 saturated carbocycles. The zero-order valence-electron chi connectivity index (χ0n) is 10.2. The lowest BCUT2D eigenvalue weighted by atomic mass is 10.2. The molecule has 1 heterocycles. The first-order valence-corrected chi connectivity index (χ1v) is 6.52. The second-order valence-corrected chi connectivity index (χ2v) is 4.97. The highest BCUT2D eigenvalue weighted by Crippen LogP contribution is 2.15. The molecule has 0 radical (unpaired) electrons. The molecule has 0 saturated heterocycles. The van der Waals surface area contributed by atoms with E-state index in [4.69, 9.17) is 5.11 Å². The summed E-state index contributed by atoms with van der Waals surface area (Å²) >= 11 is 1.13. The Morgan fingerprint density at radius 2 is 2.21 bits per heavy atom. The molecular formula is C11H14F2N2O3S. The van der Waals surface area contributed by atoms with Crippen LogP contribution < -0.4 is 5.32 Å². The highest BCUT2D eigenvalue weighted by molar-refractivity contribution is 7.13. The molecule has 0 aliphatic rings. The maximum Gasteiger partial charge on any atom is 0.326 e. The zero-order valence-corrected chi connectivity index (χ0v) is 11.0. The zero-order chi connectivity index (χ0) is 14.4. The Balaban J connectivity index is 2.67. The molecular weight excluding hydrogens is 278 g/mol. The van der Waals surface area contributed by atoms with E-state index < -0.39 is 30.8 Å². The smallest absolute Gasteiger partial charge is 0.326 e. The van der Waals surface area contributed by atoms with Crippen LogP contribution in [0.5, 0.6) is 0 Å². The molecule has 0 aromatic carbocycles. The van der Waals surface area contributed by atoms with Crippen LogP contribution in [0, 0.1) is 0 Å². The van der Waals surface area contributed by atoms with Crippen molar-refractivity contribution in [3.05, 3.63) is 16.1 Å². The van der Waals surface area contributed by atoms with Gasteiger partial charge in [-0.15, -0.1) is 11.3 Å². The first-order valence-electron chi connectivity index (χ1n) is 5.70. The second kappa shape index (κ2) is 7.13. The molecule has 0 aliphatic carbocycles. The van der Waals surface area contributed by atoms with Gasteiger partial charge in [0.05, 0.1) is 11.2 Å². The minimum atomic E-state index is -2.79. The monoisotopic (exact) mass is 292 g/mol. The van der Waals surface area contributed by atoms with Gasteiger partial charge in [-0.1, -0.05) is 6.92 Å². The highest BCUT2D eigenvalue weighted by Gasteiger charge is 2.25. The number of carboxylic acid groups (broad SMARTS) is 1. The minimum absolute atomic E-state index is 0.226. The van der Waals surface area contributed by atoms with E-state index in [1.54, 1.807) is 0 Å². The van der Waals surface area contributed by atoms with E-state index in [1.807, 2.05) is 6.92 Å². The van der Waals surface area contributed by atoms with Crippen LogP contribution in [0.4, 0.5) is 8.78 Å². The predicted octanol–water partition coefficient (Wildman–Crippen LogP) is 1.93. The first kappa shape index (κ1) is 15.5. The number of carbonyl (C=O) groups is 2. The van der Waals surface area contributed by atoms with Crippen LogP contribution in [-0.4, -0.2) is 34.4 Å². The van der Waals surface area contributed by atoms with Gasteiger partial charge >= 0.3 is 5.97 Å². The molecule has 106 valence electrons. The summed E-state index contributed by atoms with van der Waals surface area (Å²) < 4.78 is 24.4. The lowest BCUT2D eigenvalue weighted by Gasteiger charge is -2.12. The van der Waals surface area contributed by atoms with Crippen molar-refractivity contribution in [2.24, 2.45) is 0 Å². The number of amides is 1. The van der Waals surface area contributed by atoms with Crippen molar-refractivity contribution in [3.8, 4) is 0 Å². The molecule has 0 fully saturated rings. The van der Waals surface area contributed by atoms with E-state index in [-0.39, 0.29) is 4.88 Å². The third kappa shape index (κ3) is 4.90. The Bertz CT molecular complexity index is 451. The van der Waals surface area contributed by atoms with Crippen LogP contribution >= 0.6 is 11.3 Å². The number of halogens is 2. The molecule has 1 atom stereocenters. The Hall–Kier alpha value is -1.57. The largest absolute Gasteiger partial charge is 0.480 e. The molecule has 1 aromatic heterocycles. The molecule has 8 heteroatoms. The van der Waals surface area contributed by atoms with Gasteiger partial charge in [-0.2, -0.15) is 0 Å². The maximum absolute atomic E-state index is 12.2. The Morgan fingerprint density at radius 1 is 1.53 bits per heavy atom. The van der Waals surface area contributed by atoms with Gasteiger partial charge < -0.3 is 10.4 Å². The van der Waals surface area contributed by atoms with Gasteiger partial charge in [-0.25, -0.2) is 18.6 Å². The summed E-state index contributed by atoms with van der Waals surface area (Å²) in [6, 6.07) is -1.59. The van der Waals surface area contributed by atoms with Crippen molar-refractivity contribution in [3.63, 3.8) is 0 Å². The number of nitrogens with one attached hydrogen (secondary N) is 1. The molecule has 0 spiro atoms. The van der Waals surface area contributed by atoms with Crippen molar-refractivity contribution >= 4 is 23.2 Å². The fraction of sp³-hybridized carbons (Fsp3) is 0.545. The Kier molecular flexibility index (Phi) is 5.81. The van der Waals surface area contributed by atoms with Crippen LogP contribution in [0.2, 0.25) is 0 Å². The van der Waals surface area contributed by atoms with E-state index in [0.29, 0.717) is 0 Å². The molecule has 0 bridgehead atoms. The molecule has 1 unspecified atom stereocenters. The summed E-state index contributed by atoms with van der Waals surface area (Å²) in [6.07, 6.45) is -0.790. The number of aliphatic carboxylic acids is 1. The van der Waals surface area contributed by atoms with E-state index in [2.05, 4.69) is 10.3 Å². The molecule has 1 aromatic rings. The van der Waals surface area contributed by atoms with E-state index in [1.165, 1.54) is 6.20 Å². The Labute approximate surface area is 112 Å². The third-order valence-corrected chi connectivity index (χ3v) is 3.31. The summed E-state index contributed by atoms with van der Waals surface area (Å²) in [5.41, 5.74) is 0. The predicted molar refractivity (Wildman–Crippen MR) is 65.6 cm³/mol. The molecule has 19 heavy (non-hydrogen) atoms. The normalized spacial score (nSPS) is 12.4. The van der Waals surface area contributed by atoms with Gasteiger partial charge in [-0.05, 0) is 12.8 Å². The summed E-state index contributed by atoms with van der Waals surface area (Å²) in [6.45, 7) is 1.96. The van der Waals surface area contributed by atoms with Crippen LogP contribution in [0.1, 0.15) is 34.4 Å². The number of alkyl halides is 2. The van der Waals surface area contributed by atoms with Gasteiger partial charge in [0.1, 0.15) is 10.9 Å². The number of thiazole rings is 1. The van der Waals surface area contributed by atoms with E-state index in [9.17, 15) is 18.4 Å². The highest BCUT2D eigenvalue weighted by atomic mass is 32.1. The third-order valence-electron chi connectivity index (χ3n) is 2.26. The number of aromatic nitrogens is 1. The Morgan fingerprint density at radius 3 is 2.74 bits per heavy atom. The summed E-state index contributed by atoms with van der Waals surface area (Å²) in [5.74, 6) is -2.17.